The molecule has 0 saturated heterocycles. The van der Waals surface area contributed by atoms with Gasteiger partial charge in [-0.05, 0) is 83.9 Å². The zero-order chi connectivity index (χ0) is 29.5. The summed E-state index contributed by atoms with van der Waals surface area (Å²) in [7, 11) is 0. The quantitative estimate of drug-likeness (QED) is 0.203. The van der Waals surface area contributed by atoms with Crippen LogP contribution in [0, 0.1) is 0 Å². The molecule has 45 heavy (non-hydrogen) atoms. The number of fused-ring (bicyclic) bond motifs is 9. The molecule has 0 radical (unpaired) electrons. The van der Waals surface area contributed by atoms with Crippen LogP contribution in [-0.2, 0) is 0 Å². The molecule has 0 bridgehead atoms. The van der Waals surface area contributed by atoms with Crippen LogP contribution < -0.4 is 0 Å². The Kier molecular flexibility index (Phi) is 4.84. The molecule has 0 saturated carbocycles. The first-order valence-electron chi connectivity index (χ1n) is 14.4. The van der Waals surface area contributed by atoms with Crippen LogP contribution in [0.3, 0.4) is 0 Å². The average molecular weight is 582 g/mol. The summed E-state index contributed by atoms with van der Waals surface area (Å²) in [6, 6.07) is 28.5. The summed E-state index contributed by atoms with van der Waals surface area (Å²) in [5.41, 5.74) is 8.72. The number of aromatic nitrogens is 5. The Morgan fingerprint density at radius 1 is 0.378 bits per heavy atom. The van der Waals surface area contributed by atoms with Crippen molar-refractivity contribution in [2.45, 2.75) is 0 Å². The van der Waals surface area contributed by atoms with Crippen LogP contribution >= 0.6 is 0 Å². The highest BCUT2D eigenvalue weighted by Gasteiger charge is 2.15. The molecule has 0 N–H and O–H groups in total. The maximum absolute atomic E-state index is 6.22. The minimum Gasteiger partial charge on any atom is -0.456 e. The van der Waals surface area contributed by atoms with Gasteiger partial charge in [0, 0.05) is 55.8 Å². The molecule has 0 aliphatic carbocycles. The van der Waals surface area contributed by atoms with Crippen molar-refractivity contribution in [2.24, 2.45) is 0 Å². The third-order valence-corrected chi connectivity index (χ3v) is 8.44. The Hall–Kier alpha value is -6.41. The first-order chi connectivity index (χ1) is 22.2. The van der Waals surface area contributed by atoms with Crippen molar-refractivity contribution in [2.75, 3.05) is 0 Å². The zero-order valence-electron chi connectivity index (χ0n) is 23.4. The van der Waals surface area contributed by atoms with Gasteiger partial charge in [-0.3, -0.25) is 9.97 Å². The average Bonchev–Trinajstić information content (AvgIpc) is 3.78. The lowest BCUT2D eigenvalue weighted by Crippen LogP contribution is -1.95. The molecule has 210 valence electrons. The summed E-state index contributed by atoms with van der Waals surface area (Å²) in [5.74, 6) is 1.17. The highest BCUT2D eigenvalue weighted by Crippen LogP contribution is 2.37. The highest BCUT2D eigenvalue weighted by molar-refractivity contribution is 6.09. The number of nitrogens with zero attached hydrogens (tertiary/aromatic N) is 5. The van der Waals surface area contributed by atoms with Crippen LogP contribution in [0.25, 0.3) is 99.7 Å². The van der Waals surface area contributed by atoms with E-state index in [1.807, 2.05) is 48.5 Å². The Labute approximate surface area is 253 Å². The van der Waals surface area contributed by atoms with Gasteiger partial charge < -0.3 is 13.3 Å². The summed E-state index contributed by atoms with van der Waals surface area (Å²) in [4.78, 5) is 22.2. The Morgan fingerprint density at radius 3 is 1.27 bits per heavy atom. The topological polar surface area (TPSA) is 104 Å². The molecule has 10 rings (SSSR count). The fraction of sp³-hybridized carbons (Fsp3) is 0. The molecule has 4 aromatic carbocycles. The van der Waals surface area contributed by atoms with E-state index >= 15 is 0 Å². The minimum atomic E-state index is 0.584. The van der Waals surface area contributed by atoms with Crippen LogP contribution in [0.5, 0.6) is 0 Å². The van der Waals surface area contributed by atoms with Crippen LogP contribution in [-0.4, -0.2) is 24.9 Å². The molecule has 6 heterocycles. The van der Waals surface area contributed by atoms with E-state index < -0.39 is 0 Å². The number of pyridine rings is 2. The van der Waals surface area contributed by atoms with Gasteiger partial charge in [-0.2, -0.15) is 0 Å². The molecular formula is C37H19N5O3. The van der Waals surface area contributed by atoms with Gasteiger partial charge in [0.1, 0.15) is 28.7 Å². The van der Waals surface area contributed by atoms with Crippen molar-refractivity contribution in [1.82, 2.24) is 24.9 Å². The molecule has 0 unspecified atom stereocenters. The van der Waals surface area contributed by atoms with Crippen LogP contribution in [0.4, 0.5) is 0 Å². The van der Waals surface area contributed by atoms with Gasteiger partial charge in [0.2, 0.25) is 0 Å². The standard InChI is InChI=1S/C37H19N5O3/c1-5-30-26(24-9-11-38-17-34(24)44-30)13-20(1)21-2-6-32-28(14-21)29-16-23(4-8-33(29)43-32)37-41-19-40-36(42-37)22-3-7-31-27(15-22)25-10-12-39-18-35(25)45-31/h1-19H. The smallest absolute Gasteiger partial charge is 0.163 e. The first kappa shape index (κ1) is 24.1. The summed E-state index contributed by atoms with van der Waals surface area (Å²) >= 11 is 0. The van der Waals surface area contributed by atoms with Gasteiger partial charge in [0.25, 0.3) is 0 Å². The summed E-state index contributed by atoms with van der Waals surface area (Å²) < 4.78 is 18.1. The molecule has 0 amide bonds. The van der Waals surface area contributed by atoms with Gasteiger partial charge >= 0.3 is 0 Å². The van der Waals surface area contributed by atoms with Gasteiger partial charge in [-0.15, -0.1) is 0 Å². The number of benzene rings is 4. The lowest BCUT2D eigenvalue weighted by atomic mass is 10.0. The molecule has 6 aromatic heterocycles. The number of furan rings is 3. The monoisotopic (exact) mass is 581 g/mol. The molecule has 8 nitrogen and oxygen atoms in total. The second-order valence-electron chi connectivity index (χ2n) is 11.0. The van der Waals surface area contributed by atoms with Crippen molar-refractivity contribution >= 4 is 65.8 Å². The zero-order valence-corrected chi connectivity index (χ0v) is 23.4. The fourth-order valence-electron chi connectivity index (χ4n) is 6.25. The maximum atomic E-state index is 6.22. The van der Waals surface area contributed by atoms with Gasteiger partial charge in [0.15, 0.2) is 22.8 Å². The number of hydrogen-bond donors (Lipinski definition) is 0. The number of hydrogen-bond acceptors (Lipinski definition) is 8. The van der Waals surface area contributed by atoms with Gasteiger partial charge in [0.05, 0.1) is 12.4 Å². The van der Waals surface area contributed by atoms with E-state index in [1.54, 1.807) is 31.1 Å². The predicted molar refractivity (Wildman–Crippen MR) is 174 cm³/mol. The Balaban J connectivity index is 1.07. The largest absolute Gasteiger partial charge is 0.456 e. The molecule has 0 atom stereocenters. The summed E-state index contributed by atoms with van der Waals surface area (Å²) in [5, 5.41) is 6.12. The highest BCUT2D eigenvalue weighted by atomic mass is 16.3. The second kappa shape index (κ2) is 9.05. The van der Waals surface area contributed by atoms with Crippen molar-refractivity contribution in [3.05, 3.63) is 116 Å². The normalized spacial score (nSPS) is 12.0. The number of rotatable bonds is 3. The summed E-state index contributed by atoms with van der Waals surface area (Å²) in [6.07, 6.45) is 8.59. The maximum Gasteiger partial charge on any atom is 0.163 e. The molecule has 0 aliphatic rings. The SMILES string of the molecule is c1cc2c(cn1)oc1ccc(-c3ccc4oc5ccc(-c6ncnc(-c7ccc8oc9cnccc9c8c7)n6)cc5c4c3)cc12. The molecular weight excluding hydrogens is 562 g/mol. The molecule has 8 heteroatoms. The fourth-order valence-corrected chi connectivity index (χ4v) is 6.25. The van der Waals surface area contributed by atoms with E-state index in [0.717, 1.165) is 88.1 Å². The predicted octanol–water partition coefficient (Wildman–Crippen LogP) is 9.36. The molecule has 10 aromatic rings. The third-order valence-electron chi connectivity index (χ3n) is 8.44. The van der Waals surface area contributed by atoms with E-state index in [2.05, 4.69) is 56.3 Å². The molecule has 0 aliphatic heterocycles. The van der Waals surface area contributed by atoms with E-state index in [-0.39, 0.29) is 0 Å². The van der Waals surface area contributed by atoms with Crippen LogP contribution in [0.1, 0.15) is 0 Å². The molecule has 0 spiro atoms. The van der Waals surface area contributed by atoms with Gasteiger partial charge in [-0.1, -0.05) is 12.1 Å². The van der Waals surface area contributed by atoms with Gasteiger partial charge in [-0.25, -0.2) is 15.0 Å². The van der Waals surface area contributed by atoms with Crippen molar-refractivity contribution in [3.8, 4) is 33.9 Å². The second-order valence-corrected chi connectivity index (χ2v) is 11.0. The van der Waals surface area contributed by atoms with E-state index in [9.17, 15) is 0 Å². The third kappa shape index (κ3) is 3.69. The minimum absolute atomic E-state index is 0.584. The molecule has 0 fully saturated rings. The lowest BCUT2D eigenvalue weighted by Gasteiger charge is -2.04. The van der Waals surface area contributed by atoms with E-state index in [1.165, 1.54) is 0 Å². The van der Waals surface area contributed by atoms with E-state index in [0.29, 0.717) is 11.6 Å². The Morgan fingerprint density at radius 2 is 0.778 bits per heavy atom. The van der Waals surface area contributed by atoms with Crippen molar-refractivity contribution in [3.63, 3.8) is 0 Å². The Bertz CT molecular complexity index is 2790. The van der Waals surface area contributed by atoms with Crippen LogP contribution in [0.15, 0.2) is 129 Å². The van der Waals surface area contributed by atoms with Crippen molar-refractivity contribution in [1.29, 1.82) is 0 Å². The van der Waals surface area contributed by atoms with Crippen LogP contribution in [0.2, 0.25) is 0 Å². The lowest BCUT2D eigenvalue weighted by molar-refractivity contribution is 0.666. The first-order valence-corrected chi connectivity index (χ1v) is 14.4. The van der Waals surface area contributed by atoms with Crippen molar-refractivity contribution < 1.29 is 13.3 Å². The van der Waals surface area contributed by atoms with E-state index in [4.69, 9.17) is 18.2 Å². The summed E-state index contributed by atoms with van der Waals surface area (Å²) in [6.45, 7) is 0.